The van der Waals surface area contributed by atoms with Gasteiger partial charge in [-0.3, -0.25) is 9.69 Å². The second kappa shape index (κ2) is 12.4. The van der Waals surface area contributed by atoms with Gasteiger partial charge < -0.3 is 30.1 Å². The number of rotatable bonds is 8. The summed E-state index contributed by atoms with van der Waals surface area (Å²) in [5.41, 5.74) is 3.70. The molecule has 0 radical (unpaired) electrons. The molecule has 2 aromatic carbocycles. The van der Waals surface area contributed by atoms with Crippen molar-refractivity contribution in [2.24, 2.45) is 0 Å². The van der Waals surface area contributed by atoms with E-state index in [0.29, 0.717) is 26.2 Å². The Labute approximate surface area is 233 Å². The van der Waals surface area contributed by atoms with Crippen LogP contribution in [0, 0.1) is 0 Å². The van der Waals surface area contributed by atoms with Crippen molar-refractivity contribution in [3.63, 3.8) is 0 Å². The van der Waals surface area contributed by atoms with Gasteiger partial charge in [0, 0.05) is 32.1 Å². The number of fused-ring (bicyclic) bond motifs is 3. The molecule has 40 heavy (non-hydrogen) atoms. The molecule has 0 aromatic heterocycles. The minimum atomic E-state index is -1.37. The first kappa shape index (κ1) is 28.9. The lowest BCUT2D eigenvalue weighted by Gasteiger charge is -2.34. The second-order valence-electron chi connectivity index (χ2n) is 10.9. The molecule has 0 spiro atoms. The predicted molar refractivity (Wildman–Crippen MR) is 147 cm³/mol. The van der Waals surface area contributed by atoms with Crippen LogP contribution in [0.2, 0.25) is 0 Å². The Hall–Kier alpha value is -4.12. The molecule has 1 saturated heterocycles. The normalized spacial score (nSPS) is 15.9. The van der Waals surface area contributed by atoms with E-state index in [9.17, 15) is 24.3 Å². The lowest BCUT2D eigenvalue weighted by molar-refractivity contribution is -0.156. The van der Waals surface area contributed by atoms with Gasteiger partial charge in [0.1, 0.15) is 18.2 Å². The molecule has 3 amide bonds. The van der Waals surface area contributed by atoms with Crippen LogP contribution in [0.3, 0.4) is 0 Å². The number of hydrogen-bond donors (Lipinski definition) is 3. The molecule has 11 heteroatoms. The number of ether oxygens (including phenoxy) is 2. The van der Waals surface area contributed by atoms with E-state index in [2.05, 4.69) is 10.6 Å². The number of benzene rings is 2. The van der Waals surface area contributed by atoms with Crippen LogP contribution in [-0.2, 0) is 19.1 Å². The number of nitrogens with zero attached hydrogens (tertiary/aromatic N) is 2. The highest BCUT2D eigenvalue weighted by Gasteiger charge is 2.30. The first-order chi connectivity index (χ1) is 19.0. The number of carboxylic acids is 1. The Bertz CT molecular complexity index is 1210. The van der Waals surface area contributed by atoms with Crippen LogP contribution in [0.15, 0.2) is 48.5 Å². The van der Waals surface area contributed by atoms with E-state index in [0.717, 1.165) is 22.3 Å². The minimum Gasteiger partial charge on any atom is -0.480 e. The SMILES string of the molecule is CC(C)(C)OC(=O)CN1CCN(C(=O)NCC(NC(=O)OCC2c3ccccc3-c3ccccc32)C(=O)O)CC1. The molecule has 2 aromatic rings. The number of amides is 3. The number of alkyl carbamates (subject to hydrolysis) is 1. The second-order valence-corrected chi connectivity index (χ2v) is 10.9. The van der Waals surface area contributed by atoms with Gasteiger partial charge in [0.05, 0.1) is 13.1 Å². The highest BCUT2D eigenvalue weighted by atomic mass is 16.6. The van der Waals surface area contributed by atoms with Gasteiger partial charge in [-0.15, -0.1) is 0 Å². The molecule has 1 atom stereocenters. The summed E-state index contributed by atoms with van der Waals surface area (Å²) in [6, 6.07) is 14.0. The standard InChI is InChI=1S/C29H36N4O7/c1-29(2,3)40-25(34)17-32-12-14-33(15-13-32)27(37)30-16-24(26(35)36)31-28(38)39-18-23-21-10-6-4-8-19(21)20-9-5-7-11-22(20)23/h4-11,23-24H,12-18H2,1-3H3,(H,30,37)(H,31,38)(H,35,36). The summed E-state index contributed by atoms with van der Waals surface area (Å²) in [4.78, 5) is 52.4. The highest BCUT2D eigenvalue weighted by Crippen LogP contribution is 2.44. The van der Waals surface area contributed by atoms with Crippen LogP contribution in [0.25, 0.3) is 11.1 Å². The predicted octanol–water partition coefficient (Wildman–Crippen LogP) is 2.65. The largest absolute Gasteiger partial charge is 0.480 e. The summed E-state index contributed by atoms with van der Waals surface area (Å²) in [5.74, 6) is -1.78. The fraction of sp³-hybridized carbons (Fsp3) is 0.448. The van der Waals surface area contributed by atoms with E-state index < -0.39 is 29.7 Å². The molecule has 1 heterocycles. The number of carbonyl (C=O) groups excluding carboxylic acids is 3. The van der Waals surface area contributed by atoms with Crippen molar-refractivity contribution in [3.8, 4) is 11.1 Å². The summed E-state index contributed by atoms with van der Waals surface area (Å²) in [5, 5.41) is 14.5. The molecule has 0 saturated carbocycles. The Morgan fingerprint density at radius 3 is 2.08 bits per heavy atom. The number of carboxylic acid groups (broad SMARTS) is 1. The quantitative estimate of drug-likeness (QED) is 0.425. The first-order valence-corrected chi connectivity index (χ1v) is 13.3. The molecule has 214 valence electrons. The maximum atomic E-state index is 12.6. The van der Waals surface area contributed by atoms with Crippen molar-refractivity contribution in [1.82, 2.24) is 20.4 Å². The molecule has 11 nitrogen and oxygen atoms in total. The van der Waals surface area contributed by atoms with Gasteiger partial charge in [-0.05, 0) is 43.0 Å². The Morgan fingerprint density at radius 1 is 0.950 bits per heavy atom. The third kappa shape index (κ3) is 7.29. The van der Waals surface area contributed by atoms with Crippen LogP contribution in [0.5, 0.6) is 0 Å². The van der Waals surface area contributed by atoms with E-state index in [1.807, 2.05) is 53.4 Å². The number of nitrogens with one attached hydrogen (secondary N) is 2. The zero-order valence-corrected chi connectivity index (χ0v) is 23.0. The number of piperazine rings is 1. The Balaban J connectivity index is 1.23. The van der Waals surface area contributed by atoms with E-state index >= 15 is 0 Å². The van der Waals surface area contributed by atoms with E-state index in [1.54, 1.807) is 20.8 Å². The van der Waals surface area contributed by atoms with Gasteiger partial charge in [0.25, 0.3) is 0 Å². The first-order valence-electron chi connectivity index (χ1n) is 13.3. The number of aliphatic carboxylic acids is 1. The molecule has 1 fully saturated rings. The van der Waals surface area contributed by atoms with Gasteiger partial charge in [-0.1, -0.05) is 48.5 Å². The average molecular weight is 553 g/mol. The van der Waals surface area contributed by atoms with Crippen molar-refractivity contribution in [2.45, 2.75) is 38.3 Å². The van der Waals surface area contributed by atoms with Gasteiger partial charge >= 0.3 is 24.1 Å². The number of carbonyl (C=O) groups is 4. The zero-order chi connectivity index (χ0) is 28.9. The molecule has 3 N–H and O–H groups in total. The third-order valence-electron chi connectivity index (χ3n) is 6.82. The molecule has 1 aliphatic carbocycles. The van der Waals surface area contributed by atoms with Crippen molar-refractivity contribution >= 4 is 24.1 Å². The van der Waals surface area contributed by atoms with E-state index in [1.165, 1.54) is 4.90 Å². The number of hydrogen-bond acceptors (Lipinski definition) is 7. The van der Waals surface area contributed by atoms with Crippen molar-refractivity contribution in [3.05, 3.63) is 59.7 Å². The summed E-state index contributed by atoms with van der Waals surface area (Å²) in [6.07, 6.45) is -0.876. The van der Waals surface area contributed by atoms with Gasteiger partial charge in [0.2, 0.25) is 0 Å². The van der Waals surface area contributed by atoms with Crippen LogP contribution in [-0.4, -0.2) is 96.5 Å². The molecule has 1 unspecified atom stereocenters. The molecule has 2 aliphatic rings. The zero-order valence-electron chi connectivity index (χ0n) is 23.0. The molecular weight excluding hydrogens is 516 g/mol. The monoisotopic (exact) mass is 552 g/mol. The van der Waals surface area contributed by atoms with E-state index in [-0.39, 0.29) is 31.6 Å². The highest BCUT2D eigenvalue weighted by molar-refractivity contribution is 5.82. The van der Waals surface area contributed by atoms with Crippen molar-refractivity contribution in [2.75, 3.05) is 45.9 Å². The van der Waals surface area contributed by atoms with Crippen LogP contribution < -0.4 is 10.6 Å². The third-order valence-corrected chi connectivity index (χ3v) is 6.82. The van der Waals surface area contributed by atoms with Gasteiger partial charge in [-0.25, -0.2) is 14.4 Å². The van der Waals surface area contributed by atoms with Gasteiger partial charge in [0.15, 0.2) is 0 Å². The molecule has 4 rings (SSSR count). The minimum absolute atomic E-state index is 0.0477. The molecular formula is C29H36N4O7. The van der Waals surface area contributed by atoms with E-state index in [4.69, 9.17) is 9.47 Å². The number of esters is 1. The molecule has 1 aliphatic heterocycles. The van der Waals surface area contributed by atoms with Crippen molar-refractivity contribution in [1.29, 1.82) is 0 Å². The lowest BCUT2D eigenvalue weighted by Crippen LogP contribution is -2.55. The maximum absolute atomic E-state index is 12.6. The fourth-order valence-corrected chi connectivity index (χ4v) is 4.95. The topological polar surface area (TPSA) is 138 Å². The Morgan fingerprint density at radius 2 is 1.52 bits per heavy atom. The smallest absolute Gasteiger partial charge is 0.407 e. The maximum Gasteiger partial charge on any atom is 0.407 e. The fourth-order valence-electron chi connectivity index (χ4n) is 4.95. The molecule has 0 bridgehead atoms. The Kier molecular flexibility index (Phi) is 8.93. The summed E-state index contributed by atoms with van der Waals surface area (Å²) < 4.78 is 10.8. The van der Waals surface area contributed by atoms with Crippen molar-refractivity contribution < 1.29 is 33.8 Å². The van der Waals surface area contributed by atoms with Crippen LogP contribution >= 0.6 is 0 Å². The summed E-state index contributed by atoms with van der Waals surface area (Å²) in [6.45, 7) is 6.98. The summed E-state index contributed by atoms with van der Waals surface area (Å²) in [7, 11) is 0. The average Bonchev–Trinajstić information content (AvgIpc) is 3.22. The lowest BCUT2D eigenvalue weighted by atomic mass is 9.98. The van der Waals surface area contributed by atoms with Crippen LogP contribution in [0.4, 0.5) is 9.59 Å². The van der Waals surface area contributed by atoms with Crippen LogP contribution in [0.1, 0.15) is 37.8 Å². The number of urea groups is 1. The van der Waals surface area contributed by atoms with Gasteiger partial charge in [-0.2, -0.15) is 0 Å². The summed E-state index contributed by atoms with van der Waals surface area (Å²) >= 11 is 0.